The molecule has 7 nitrogen and oxygen atoms in total. The van der Waals surface area contributed by atoms with Crippen LogP contribution in [0.1, 0.15) is 32.3 Å². The van der Waals surface area contributed by atoms with E-state index in [1.807, 2.05) is 0 Å². The standard InChI is InChI=1S/C23H28F3N3O4S/c1-3-29(4-2)34(31,32)19-11-12-21(28-13-5-6-14-28)20(16-19)27-22(30)15-17-7-9-18(10-8-17)33-23(24,25)26/h7-12,16H,3-6,13-15H2,1-2H3,(H,27,30). The third-order valence-corrected chi connectivity index (χ3v) is 7.60. The minimum Gasteiger partial charge on any atom is -0.406 e. The first-order chi connectivity index (χ1) is 16.0. The maximum absolute atomic E-state index is 13.0. The first-order valence-electron chi connectivity index (χ1n) is 11.1. The molecule has 1 aliphatic rings. The second kappa shape index (κ2) is 10.6. The lowest BCUT2D eigenvalue weighted by Crippen LogP contribution is -2.31. The van der Waals surface area contributed by atoms with Crippen molar-refractivity contribution < 1.29 is 31.1 Å². The van der Waals surface area contributed by atoms with Gasteiger partial charge < -0.3 is 15.0 Å². The van der Waals surface area contributed by atoms with E-state index < -0.39 is 22.3 Å². The van der Waals surface area contributed by atoms with Gasteiger partial charge >= 0.3 is 6.36 Å². The number of carbonyl (C=O) groups excluding carboxylic acids is 1. The fourth-order valence-corrected chi connectivity index (χ4v) is 5.40. The molecule has 0 aliphatic carbocycles. The number of sulfonamides is 1. The molecule has 1 fully saturated rings. The zero-order valence-corrected chi connectivity index (χ0v) is 19.9. The molecular weight excluding hydrogens is 471 g/mol. The van der Waals surface area contributed by atoms with Crippen LogP contribution in [0.15, 0.2) is 47.4 Å². The molecule has 0 saturated carbocycles. The normalized spacial score (nSPS) is 14.5. The highest BCUT2D eigenvalue weighted by Gasteiger charge is 2.31. The van der Waals surface area contributed by atoms with Gasteiger partial charge in [0.1, 0.15) is 5.75 Å². The molecule has 11 heteroatoms. The van der Waals surface area contributed by atoms with E-state index >= 15 is 0 Å². The lowest BCUT2D eigenvalue weighted by atomic mass is 10.1. The summed E-state index contributed by atoms with van der Waals surface area (Å²) in [7, 11) is -3.72. The average Bonchev–Trinajstić information content (AvgIpc) is 3.29. The number of benzene rings is 2. The Bertz CT molecular complexity index is 1100. The number of anilines is 2. The van der Waals surface area contributed by atoms with Crippen molar-refractivity contribution in [1.82, 2.24) is 4.31 Å². The Morgan fingerprint density at radius 1 is 1.06 bits per heavy atom. The summed E-state index contributed by atoms with van der Waals surface area (Å²) in [5, 5.41) is 2.80. The Kier molecular flexibility index (Phi) is 8.09. The molecule has 3 rings (SSSR count). The second-order valence-electron chi connectivity index (χ2n) is 7.88. The van der Waals surface area contributed by atoms with Crippen molar-refractivity contribution in [3.05, 3.63) is 48.0 Å². The molecular formula is C23H28F3N3O4S. The number of halogens is 3. The van der Waals surface area contributed by atoms with Gasteiger partial charge in [-0.05, 0) is 48.7 Å². The highest BCUT2D eigenvalue weighted by Crippen LogP contribution is 2.32. The van der Waals surface area contributed by atoms with Crippen LogP contribution >= 0.6 is 0 Å². The summed E-state index contributed by atoms with van der Waals surface area (Å²) in [6.07, 6.45) is -2.89. The highest BCUT2D eigenvalue weighted by atomic mass is 32.2. The Labute approximate surface area is 197 Å². The molecule has 0 radical (unpaired) electrons. The van der Waals surface area contributed by atoms with Gasteiger partial charge in [-0.25, -0.2) is 8.42 Å². The maximum Gasteiger partial charge on any atom is 0.573 e. The van der Waals surface area contributed by atoms with Gasteiger partial charge in [0.05, 0.1) is 22.7 Å². The van der Waals surface area contributed by atoms with Gasteiger partial charge in [-0.2, -0.15) is 4.31 Å². The van der Waals surface area contributed by atoms with E-state index in [1.54, 1.807) is 26.0 Å². The van der Waals surface area contributed by atoms with Crippen molar-refractivity contribution >= 4 is 27.3 Å². The Morgan fingerprint density at radius 2 is 1.68 bits per heavy atom. The van der Waals surface area contributed by atoms with Crippen molar-refractivity contribution in [3.63, 3.8) is 0 Å². The minimum atomic E-state index is -4.79. The highest BCUT2D eigenvalue weighted by molar-refractivity contribution is 7.89. The molecule has 186 valence electrons. The van der Waals surface area contributed by atoms with Crippen LogP contribution in [-0.2, 0) is 21.2 Å². The summed E-state index contributed by atoms with van der Waals surface area (Å²) in [6.45, 7) is 5.75. The number of alkyl halides is 3. The van der Waals surface area contributed by atoms with E-state index in [0.717, 1.165) is 43.8 Å². The monoisotopic (exact) mass is 499 g/mol. The van der Waals surface area contributed by atoms with Crippen molar-refractivity contribution in [3.8, 4) is 5.75 Å². The summed E-state index contributed by atoms with van der Waals surface area (Å²) in [5.74, 6) is -0.787. The quantitative estimate of drug-likeness (QED) is 0.554. The van der Waals surface area contributed by atoms with Gasteiger partial charge in [0.15, 0.2) is 0 Å². The molecule has 0 spiro atoms. The van der Waals surface area contributed by atoms with Gasteiger partial charge in [-0.15, -0.1) is 13.2 Å². The lowest BCUT2D eigenvalue weighted by molar-refractivity contribution is -0.274. The second-order valence-corrected chi connectivity index (χ2v) is 9.82. The third-order valence-electron chi connectivity index (χ3n) is 5.55. The smallest absolute Gasteiger partial charge is 0.406 e. The molecule has 1 N–H and O–H groups in total. The summed E-state index contributed by atoms with van der Waals surface area (Å²) in [6, 6.07) is 9.77. The van der Waals surface area contributed by atoms with Crippen LogP contribution in [0.2, 0.25) is 0 Å². The van der Waals surface area contributed by atoms with Crippen LogP contribution in [0.5, 0.6) is 5.75 Å². The SMILES string of the molecule is CCN(CC)S(=O)(=O)c1ccc(N2CCCC2)c(NC(=O)Cc2ccc(OC(F)(F)F)cc2)c1. The van der Waals surface area contributed by atoms with E-state index in [4.69, 9.17) is 0 Å². The van der Waals surface area contributed by atoms with Crippen molar-refractivity contribution in [2.24, 2.45) is 0 Å². The molecule has 0 atom stereocenters. The van der Waals surface area contributed by atoms with E-state index in [-0.39, 0.29) is 17.1 Å². The molecule has 1 saturated heterocycles. The van der Waals surface area contributed by atoms with Gasteiger partial charge in [-0.1, -0.05) is 26.0 Å². The van der Waals surface area contributed by atoms with Crippen LogP contribution in [0.3, 0.4) is 0 Å². The zero-order valence-electron chi connectivity index (χ0n) is 19.1. The first-order valence-corrected chi connectivity index (χ1v) is 12.5. The van der Waals surface area contributed by atoms with Crippen LogP contribution in [-0.4, -0.2) is 51.2 Å². The molecule has 0 bridgehead atoms. The average molecular weight is 500 g/mol. The number of nitrogens with one attached hydrogen (secondary N) is 1. The van der Waals surface area contributed by atoms with E-state index in [9.17, 15) is 26.4 Å². The molecule has 34 heavy (non-hydrogen) atoms. The molecule has 1 aliphatic heterocycles. The summed E-state index contributed by atoms with van der Waals surface area (Å²) in [4.78, 5) is 14.9. The van der Waals surface area contributed by atoms with Crippen LogP contribution in [0, 0.1) is 0 Å². The van der Waals surface area contributed by atoms with Crippen molar-refractivity contribution in [2.75, 3.05) is 36.4 Å². The first kappa shape index (κ1) is 25.8. The predicted octanol–water partition coefficient (Wildman–Crippen LogP) is 4.40. The van der Waals surface area contributed by atoms with Gasteiger partial charge in [0.2, 0.25) is 15.9 Å². The minimum absolute atomic E-state index is 0.0862. The number of nitrogens with zero attached hydrogens (tertiary/aromatic N) is 2. The number of carbonyl (C=O) groups is 1. The Balaban J connectivity index is 1.82. The number of hydrogen-bond donors (Lipinski definition) is 1. The zero-order chi connectivity index (χ0) is 24.9. The summed E-state index contributed by atoms with van der Waals surface area (Å²) >= 11 is 0. The van der Waals surface area contributed by atoms with E-state index in [0.29, 0.717) is 24.3 Å². The predicted molar refractivity (Wildman–Crippen MR) is 123 cm³/mol. The molecule has 1 heterocycles. The summed E-state index contributed by atoms with van der Waals surface area (Å²) < 4.78 is 68.2. The Morgan fingerprint density at radius 3 is 2.24 bits per heavy atom. The third kappa shape index (κ3) is 6.41. The van der Waals surface area contributed by atoms with Crippen molar-refractivity contribution in [2.45, 2.75) is 44.4 Å². The lowest BCUT2D eigenvalue weighted by Gasteiger charge is -2.24. The number of amides is 1. The van der Waals surface area contributed by atoms with E-state index in [2.05, 4.69) is 15.0 Å². The fraction of sp³-hybridized carbons (Fsp3) is 0.435. The number of rotatable bonds is 9. The largest absolute Gasteiger partial charge is 0.573 e. The van der Waals surface area contributed by atoms with Gasteiger partial charge in [-0.3, -0.25) is 4.79 Å². The number of ether oxygens (including phenoxy) is 1. The summed E-state index contributed by atoms with van der Waals surface area (Å²) in [5.41, 5.74) is 1.61. The van der Waals surface area contributed by atoms with Crippen molar-refractivity contribution in [1.29, 1.82) is 0 Å². The molecule has 0 aromatic heterocycles. The van der Waals surface area contributed by atoms with Crippen LogP contribution < -0.4 is 15.0 Å². The number of hydrogen-bond acceptors (Lipinski definition) is 5. The maximum atomic E-state index is 13.0. The molecule has 2 aromatic carbocycles. The van der Waals surface area contributed by atoms with Gasteiger partial charge in [0, 0.05) is 26.2 Å². The van der Waals surface area contributed by atoms with E-state index in [1.165, 1.54) is 22.5 Å². The fourth-order valence-electron chi connectivity index (χ4n) is 3.91. The molecule has 2 aromatic rings. The van der Waals surface area contributed by atoms with Gasteiger partial charge in [0.25, 0.3) is 0 Å². The Hall–Kier alpha value is -2.79. The molecule has 1 amide bonds. The topological polar surface area (TPSA) is 79.0 Å². The van der Waals surface area contributed by atoms with Crippen LogP contribution in [0.4, 0.5) is 24.5 Å². The van der Waals surface area contributed by atoms with Crippen LogP contribution in [0.25, 0.3) is 0 Å². The molecule has 0 unspecified atom stereocenters.